The van der Waals surface area contributed by atoms with Gasteiger partial charge in [-0.15, -0.1) is 0 Å². The molecule has 2 saturated heterocycles. The fraction of sp³-hybridized carbons (Fsp3) is 0.750. The van der Waals surface area contributed by atoms with Crippen LogP contribution < -0.4 is 10.6 Å². The summed E-state index contributed by atoms with van der Waals surface area (Å²) in [6.45, 7) is 2.94. The fourth-order valence-corrected chi connectivity index (χ4v) is 2.61. The quantitative estimate of drug-likeness (QED) is 0.651. The lowest BCUT2D eigenvalue weighted by molar-refractivity contribution is -0.142. The Labute approximate surface area is 111 Å². The van der Waals surface area contributed by atoms with Crippen molar-refractivity contribution >= 4 is 17.9 Å². The molecule has 3 amide bonds. The van der Waals surface area contributed by atoms with Crippen LogP contribution in [0.5, 0.6) is 0 Å². The molecule has 7 nitrogen and oxygen atoms in total. The van der Waals surface area contributed by atoms with Gasteiger partial charge in [0, 0.05) is 32.1 Å². The van der Waals surface area contributed by atoms with E-state index in [1.54, 1.807) is 0 Å². The predicted octanol–water partition coefficient (Wildman–Crippen LogP) is -0.373. The standard InChI is InChI=1S/C12H19N3O4/c1-7-5-15(6-9(7)11(17)18)12(19)13-4-8-2-3-10(16)14-8/h7-9H,2-6H2,1H3,(H,13,19)(H,14,16)(H,17,18)/t7-,8?,9-/m1/s1. The third kappa shape index (κ3) is 3.15. The number of urea groups is 1. The van der Waals surface area contributed by atoms with Gasteiger partial charge in [0.25, 0.3) is 0 Å². The number of carboxylic acids is 1. The van der Waals surface area contributed by atoms with Crippen molar-refractivity contribution in [2.24, 2.45) is 11.8 Å². The molecule has 3 N–H and O–H groups in total. The Bertz CT molecular complexity index is 398. The van der Waals surface area contributed by atoms with Gasteiger partial charge in [0.1, 0.15) is 0 Å². The Morgan fingerprint density at radius 2 is 2.21 bits per heavy atom. The summed E-state index contributed by atoms with van der Waals surface area (Å²) in [5, 5.41) is 14.5. The van der Waals surface area contributed by atoms with E-state index in [0.29, 0.717) is 19.5 Å². The molecular formula is C12H19N3O4. The van der Waals surface area contributed by atoms with Crippen molar-refractivity contribution < 1.29 is 19.5 Å². The van der Waals surface area contributed by atoms with Crippen molar-refractivity contribution in [3.63, 3.8) is 0 Å². The van der Waals surface area contributed by atoms with Crippen LogP contribution in [0, 0.1) is 11.8 Å². The van der Waals surface area contributed by atoms with Gasteiger partial charge in [0.15, 0.2) is 0 Å². The number of hydrogen-bond acceptors (Lipinski definition) is 3. The summed E-state index contributed by atoms with van der Waals surface area (Å²) in [5.74, 6) is -1.36. The highest BCUT2D eigenvalue weighted by atomic mass is 16.4. The highest BCUT2D eigenvalue weighted by molar-refractivity contribution is 5.79. The maximum absolute atomic E-state index is 11.9. The number of carbonyl (C=O) groups is 3. The van der Waals surface area contributed by atoms with Crippen LogP contribution in [0.3, 0.4) is 0 Å². The van der Waals surface area contributed by atoms with E-state index in [0.717, 1.165) is 6.42 Å². The number of carboxylic acid groups (broad SMARTS) is 1. The Morgan fingerprint density at radius 3 is 2.74 bits per heavy atom. The number of nitrogens with zero attached hydrogens (tertiary/aromatic N) is 1. The number of likely N-dealkylation sites (tertiary alicyclic amines) is 1. The summed E-state index contributed by atoms with van der Waals surface area (Å²) in [7, 11) is 0. The summed E-state index contributed by atoms with van der Waals surface area (Å²) in [5.41, 5.74) is 0. The van der Waals surface area contributed by atoms with Crippen molar-refractivity contribution in [1.29, 1.82) is 0 Å². The van der Waals surface area contributed by atoms with Gasteiger partial charge < -0.3 is 20.6 Å². The van der Waals surface area contributed by atoms with Crippen LogP contribution in [-0.4, -0.2) is 53.6 Å². The Morgan fingerprint density at radius 1 is 1.47 bits per heavy atom. The van der Waals surface area contributed by atoms with E-state index in [2.05, 4.69) is 10.6 Å². The van der Waals surface area contributed by atoms with Crippen LogP contribution >= 0.6 is 0 Å². The molecule has 2 rings (SSSR count). The first-order valence-corrected chi connectivity index (χ1v) is 6.52. The van der Waals surface area contributed by atoms with Crippen molar-refractivity contribution in [3.05, 3.63) is 0 Å². The molecule has 2 heterocycles. The molecule has 0 aromatic carbocycles. The lowest BCUT2D eigenvalue weighted by atomic mass is 9.99. The first-order valence-electron chi connectivity index (χ1n) is 6.52. The van der Waals surface area contributed by atoms with Crippen LogP contribution in [0.15, 0.2) is 0 Å². The summed E-state index contributed by atoms with van der Waals surface area (Å²) < 4.78 is 0. The molecule has 0 aromatic rings. The molecule has 19 heavy (non-hydrogen) atoms. The molecule has 2 aliphatic rings. The Hall–Kier alpha value is -1.79. The minimum atomic E-state index is -0.856. The van der Waals surface area contributed by atoms with Gasteiger partial charge in [0.2, 0.25) is 5.91 Å². The predicted molar refractivity (Wildman–Crippen MR) is 66.4 cm³/mol. The van der Waals surface area contributed by atoms with E-state index in [9.17, 15) is 14.4 Å². The van der Waals surface area contributed by atoms with E-state index in [4.69, 9.17) is 5.11 Å². The first kappa shape index (κ1) is 13.6. The van der Waals surface area contributed by atoms with E-state index < -0.39 is 11.9 Å². The van der Waals surface area contributed by atoms with Crippen LogP contribution in [0.2, 0.25) is 0 Å². The average molecular weight is 269 g/mol. The van der Waals surface area contributed by atoms with Crippen molar-refractivity contribution in [2.45, 2.75) is 25.8 Å². The maximum Gasteiger partial charge on any atom is 0.317 e. The molecule has 0 aliphatic carbocycles. The molecule has 0 radical (unpaired) electrons. The highest BCUT2D eigenvalue weighted by Gasteiger charge is 2.37. The van der Waals surface area contributed by atoms with Crippen LogP contribution in [0.4, 0.5) is 4.79 Å². The zero-order valence-corrected chi connectivity index (χ0v) is 10.9. The second-order valence-corrected chi connectivity index (χ2v) is 5.32. The van der Waals surface area contributed by atoms with E-state index in [1.807, 2.05) is 6.92 Å². The minimum absolute atomic E-state index is 0.00764. The van der Waals surface area contributed by atoms with Crippen LogP contribution in [-0.2, 0) is 9.59 Å². The summed E-state index contributed by atoms with van der Waals surface area (Å²) in [6.07, 6.45) is 1.23. The molecule has 106 valence electrons. The lowest BCUT2D eigenvalue weighted by Crippen LogP contribution is -2.44. The Kier molecular flexibility index (Phi) is 3.92. The van der Waals surface area contributed by atoms with Crippen molar-refractivity contribution in [3.8, 4) is 0 Å². The molecule has 1 unspecified atom stereocenters. The topological polar surface area (TPSA) is 98.7 Å². The van der Waals surface area contributed by atoms with Gasteiger partial charge in [-0.3, -0.25) is 9.59 Å². The zero-order chi connectivity index (χ0) is 14.0. The van der Waals surface area contributed by atoms with Crippen LogP contribution in [0.25, 0.3) is 0 Å². The molecule has 7 heteroatoms. The maximum atomic E-state index is 11.9. The highest BCUT2D eigenvalue weighted by Crippen LogP contribution is 2.22. The first-order chi connectivity index (χ1) is 8.97. The zero-order valence-electron chi connectivity index (χ0n) is 10.9. The summed E-state index contributed by atoms with van der Waals surface area (Å²) in [4.78, 5) is 35.4. The number of nitrogens with one attached hydrogen (secondary N) is 2. The van der Waals surface area contributed by atoms with Crippen molar-refractivity contribution in [2.75, 3.05) is 19.6 Å². The van der Waals surface area contributed by atoms with Gasteiger partial charge in [-0.25, -0.2) is 4.79 Å². The molecule has 0 saturated carbocycles. The Balaban J connectivity index is 1.78. The monoisotopic (exact) mass is 269 g/mol. The average Bonchev–Trinajstić information content (AvgIpc) is 2.92. The second-order valence-electron chi connectivity index (χ2n) is 5.32. The smallest absolute Gasteiger partial charge is 0.317 e. The van der Waals surface area contributed by atoms with Crippen molar-refractivity contribution in [1.82, 2.24) is 15.5 Å². The van der Waals surface area contributed by atoms with Crippen LogP contribution in [0.1, 0.15) is 19.8 Å². The van der Waals surface area contributed by atoms with Gasteiger partial charge in [0.05, 0.1) is 5.92 Å². The second kappa shape index (κ2) is 5.46. The number of amides is 3. The molecule has 0 bridgehead atoms. The molecule has 2 aliphatic heterocycles. The van der Waals surface area contributed by atoms with Gasteiger partial charge in [-0.05, 0) is 12.3 Å². The third-order valence-corrected chi connectivity index (χ3v) is 3.80. The number of carbonyl (C=O) groups excluding carboxylic acids is 2. The minimum Gasteiger partial charge on any atom is -0.481 e. The number of aliphatic carboxylic acids is 1. The fourth-order valence-electron chi connectivity index (χ4n) is 2.61. The normalized spacial score (nSPS) is 30.3. The molecular weight excluding hydrogens is 250 g/mol. The van der Waals surface area contributed by atoms with E-state index in [-0.39, 0.29) is 30.4 Å². The lowest BCUT2D eigenvalue weighted by Gasteiger charge is -2.18. The summed E-state index contributed by atoms with van der Waals surface area (Å²) >= 11 is 0. The third-order valence-electron chi connectivity index (χ3n) is 3.80. The number of rotatable bonds is 3. The molecule has 2 fully saturated rings. The largest absolute Gasteiger partial charge is 0.481 e. The van der Waals surface area contributed by atoms with Gasteiger partial charge in [-0.2, -0.15) is 0 Å². The summed E-state index contributed by atoms with van der Waals surface area (Å²) in [6, 6.07) is -0.261. The SMILES string of the molecule is C[C@@H]1CN(C(=O)NCC2CCC(=O)N2)C[C@H]1C(=O)O. The molecule has 0 spiro atoms. The van der Waals surface area contributed by atoms with Gasteiger partial charge in [-0.1, -0.05) is 6.92 Å². The van der Waals surface area contributed by atoms with Gasteiger partial charge >= 0.3 is 12.0 Å². The van der Waals surface area contributed by atoms with E-state index in [1.165, 1.54) is 4.90 Å². The van der Waals surface area contributed by atoms with E-state index >= 15 is 0 Å². The molecule has 3 atom stereocenters. The molecule has 0 aromatic heterocycles. The number of hydrogen-bond donors (Lipinski definition) is 3.